The number of hydrogen-bond acceptors (Lipinski definition) is 3. The number of para-hydroxylation sites is 1. The van der Waals surface area contributed by atoms with Crippen molar-refractivity contribution in [2.45, 2.75) is 0 Å². The minimum absolute atomic E-state index is 0.0916. The Morgan fingerprint density at radius 3 is 2.89 bits per heavy atom. The number of hydrogen-bond donors (Lipinski definition) is 1. The zero-order chi connectivity index (χ0) is 13.1. The van der Waals surface area contributed by atoms with Crippen LogP contribution in [-0.4, -0.2) is 37.1 Å². The topological polar surface area (TPSA) is 45.3 Å². The number of nitrogens with one attached hydrogen (secondary N) is 1. The number of benzene rings is 1. The summed E-state index contributed by atoms with van der Waals surface area (Å²) in [7, 11) is 3.92. The van der Waals surface area contributed by atoms with Crippen molar-refractivity contribution in [1.82, 2.24) is 9.88 Å². The Morgan fingerprint density at radius 1 is 1.39 bits per heavy atom. The standard InChI is InChI=1S/C13H15ClN2O2/c1-16(2)6-7-18-12-8-11(17)9-4-3-5-10(14)13(9)15-12/h3-5,8H,6-7H2,1-2H3,(H,15,17). The van der Waals surface area contributed by atoms with Crippen molar-refractivity contribution >= 4 is 22.5 Å². The monoisotopic (exact) mass is 266 g/mol. The zero-order valence-electron chi connectivity index (χ0n) is 10.4. The summed E-state index contributed by atoms with van der Waals surface area (Å²) >= 11 is 6.05. The molecular weight excluding hydrogens is 252 g/mol. The van der Waals surface area contributed by atoms with Gasteiger partial charge in [0, 0.05) is 18.0 Å². The molecule has 0 amide bonds. The smallest absolute Gasteiger partial charge is 0.195 e. The van der Waals surface area contributed by atoms with Gasteiger partial charge in [-0.05, 0) is 26.2 Å². The molecule has 0 saturated carbocycles. The summed E-state index contributed by atoms with van der Waals surface area (Å²) in [5.74, 6) is 0.447. The van der Waals surface area contributed by atoms with Crippen molar-refractivity contribution in [2.24, 2.45) is 0 Å². The third-order valence-electron chi connectivity index (χ3n) is 2.59. The Labute approximate surface area is 110 Å². The lowest BCUT2D eigenvalue weighted by Crippen LogP contribution is -2.20. The maximum absolute atomic E-state index is 11.9. The largest absolute Gasteiger partial charge is 0.477 e. The second kappa shape index (κ2) is 5.42. The Kier molecular flexibility index (Phi) is 3.89. The van der Waals surface area contributed by atoms with Gasteiger partial charge < -0.3 is 14.6 Å². The fraction of sp³-hybridized carbons (Fsp3) is 0.308. The minimum atomic E-state index is -0.0916. The van der Waals surface area contributed by atoms with Gasteiger partial charge in [-0.25, -0.2) is 0 Å². The number of rotatable bonds is 4. The van der Waals surface area contributed by atoms with Crippen LogP contribution in [0.3, 0.4) is 0 Å². The number of nitrogens with zero attached hydrogens (tertiary/aromatic N) is 1. The summed E-state index contributed by atoms with van der Waals surface area (Å²) in [5.41, 5.74) is 0.526. The van der Waals surface area contributed by atoms with Gasteiger partial charge in [0.05, 0.1) is 10.5 Å². The maximum Gasteiger partial charge on any atom is 0.195 e. The molecule has 1 heterocycles. The van der Waals surface area contributed by atoms with Crippen LogP contribution in [0.4, 0.5) is 0 Å². The Balaban J connectivity index is 2.31. The number of pyridine rings is 1. The lowest BCUT2D eigenvalue weighted by atomic mass is 10.2. The van der Waals surface area contributed by atoms with Gasteiger partial charge in [-0.2, -0.15) is 0 Å². The first-order chi connectivity index (χ1) is 8.58. The molecule has 96 valence electrons. The van der Waals surface area contributed by atoms with E-state index in [1.165, 1.54) is 6.07 Å². The fourth-order valence-electron chi connectivity index (χ4n) is 1.63. The van der Waals surface area contributed by atoms with Crippen LogP contribution in [0.5, 0.6) is 5.88 Å². The lowest BCUT2D eigenvalue weighted by molar-refractivity contribution is 0.254. The van der Waals surface area contributed by atoms with E-state index in [1.807, 2.05) is 19.0 Å². The summed E-state index contributed by atoms with van der Waals surface area (Å²) in [4.78, 5) is 16.9. The number of H-pyrrole nitrogens is 1. The van der Waals surface area contributed by atoms with Crippen molar-refractivity contribution in [1.29, 1.82) is 0 Å². The molecule has 4 nitrogen and oxygen atoms in total. The molecule has 0 radical (unpaired) electrons. The molecule has 2 rings (SSSR count). The minimum Gasteiger partial charge on any atom is -0.477 e. The van der Waals surface area contributed by atoms with E-state index in [1.54, 1.807) is 18.2 Å². The van der Waals surface area contributed by atoms with Crippen LogP contribution in [0.1, 0.15) is 0 Å². The summed E-state index contributed by atoms with van der Waals surface area (Å²) in [5, 5.41) is 1.09. The van der Waals surface area contributed by atoms with E-state index in [9.17, 15) is 4.79 Å². The number of fused-ring (bicyclic) bond motifs is 1. The molecule has 0 aliphatic rings. The van der Waals surface area contributed by atoms with Crippen molar-refractivity contribution in [3.63, 3.8) is 0 Å². The first kappa shape index (κ1) is 12.9. The van der Waals surface area contributed by atoms with E-state index < -0.39 is 0 Å². The molecule has 0 bridgehead atoms. The van der Waals surface area contributed by atoms with Crippen molar-refractivity contribution in [3.05, 3.63) is 39.5 Å². The molecule has 18 heavy (non-hydrogen) atoms. The van der Waals surface area contributed by atoms with E-state index in [4.69, 9.17) is 16.3 Å². The molecule has 1 aromatic carbocycles. The first-order valence-corrected chi connectivity index (χ1v) is 6.05. The molecule has 0 unspecified atom stereocenters. The van der Waals surface area contributed by atoms with Gasteiger partial charge in [-0.1, -0.05) is 17.7 Å². The highest BCUT2D eigenvalue weighted by molar-refractivity contribution is 6.35. The van der Waals surface area contributed by atoms with Crippen LogP contribution in [0.25, 0.3) is 10.9 Å². The third kappa shape index (κ3) is 2.83. The van der Waals surface area contributed by atoms with Crippen LogP contribution in [-0.2, 0) is 0 Å². The Bertz CT molecular complexity index is 607. The molecule has 0 spiro atoms. The zero-order valence-corrected chi connectivity index (χ0v) is 11.1. The molecular formula is C13H15ClN2O2. The second-order valence-electron chi connectivity index (χ2n) is 4.31. The van der Waals surface area contributed by atoms with E-state index in [0.29, 0.717) is 28.4 Å². The van der Waals surface area contributed by atoms with Crippen LogP contribution in [0.2, 0.25) is 5.02 Å². The first-order valence-electron chi connectivity index (χ1n) is 5.67. The highest BCUT2D eigenvalue weighted by atomic mass is 35.5. The highest BCUT2D eigenvalue weighted by Gasteiger charge is 2.05. The summed E-state index contributed by atoms with van der Waals surface area (Å²) in [6, 6.07) is 6.69. The van der Waals surface area contributed by atoms with Gasteiger partial charge in [0.1, 0.15) is 6.61 Å². The summed E-state index contributed by atoms with van der Waals surface area (Å²) < 4.78 is 5.50. The van der Waals surface area contributed by atoms with Crippen molar-refractivity contribution in [2.75, 3.05) is 27.2 Å². The average molecular weight is 267 g/mol. The van der Waals surface area contributed by atoms with E-state index in [0.717, 1.165) is 6.54 Å². The molecule has 5 heteroatoms. The van der Waals surface area contributed by atoms with Crippen molar-refractivity contribution < 1.29 is 4.74 Å². The van der Waals surface area contributed by atoms with Gasteiger partial charge >= 0.3 is 0 Å². The fourth-order valence-corrected chi connectivity index (χ4v) is 1.85. The predicted molar refractivity (Wildman–Crippen MR) is 73.6 cm³/mol. The summed E-state index contributed by atoms with van der Waals surface area (Å²) in [6.07, 6.45) is 0. The van der Waals surface area contributed by atoms with Crippen LogP contribution >= 0.6 is 11.6 Å². The Morgan fingerprint density at radius 2 is 2.17 bits per heavy atom. The van der Waals surface area contributed by atoms with E-state index in [2.05, 4.69) is 4.98 Å². The van der Waals surface area contributed by atoms with Gasteiger partial charge in [-0.15, -0.1) is 0 Å². The number of aromatic amines is 1. The van der Waals surface area contributed by atoms with E-state index >= 15 is 0 Å². The molecule has 0 atom stereocenters. The third-order valence-corrected chi connectivity index (χ3v) is 2.90. The number of halogens is 1. The van der Waals surface area contributed by atoms with Gasteiger partial charge in [0.15, 0.2) is 11.3 Å². The number of ether oxygens (including phenoxy) is 1. The molecule has 1 N–H and O–H groups in total. The van der Waals surface area contributed by atoms with Crippen molar-refractivity contribution in [3.8, 4) is 5.88 Å². The number of likely N-dealkylation sites (N-methyl/N-ethyl adjacent to an activating group) is 1. The molecule has 0 aliphatic heterocycles. The van der Waals surface area contributed by atoms with Crippen LogP contribution < -0.4 is 10.2 Å². The molecule has 1 aromatic heterocycles. The van der Waals surface area contributed by atoms with Gasteiger partial charge in [0.25, 0.3) is 0 Å². The predicted octanol–water partition coefficient (Wildman–Crippen LogP) is 2.12. The Hall–Kier alpha value is -1.52. The molecule has 0 fully saturated rings. The highest BCUT2D eigenvalue weighted by Crippen LogP contribution is 2.20. The summed E-state index contributed by atoms with van der Waals surface area (Å²) in [6.45, 7) is 1.29. The van der Waals surface area contributed by atoms with E-state index in [-0.39, 0.29) is 5.43 Å². The van der Waals surface area contributed by atoms with Gasteiger partial charge in [-0.3, -0.25) is 4.79 Å². The molecule has 0 saturated heterocycles. The molecule has 0 aliphatic carbocycles. The van der Waals surface area contributed by atoms with Gasteiger partial charge in [0.2, 0.25) is 0 Å². The van der Waals surface area contributed by atoms with Crippen LogP contribution in [0, 0.1) is 0 Å². The maximum atomic E-state index is 11.9. The lowest BCUT2D eigenvalue weighted by Gasteiger charge is -2.11. The number of aromatic nitrogens is 1. The average Bonchev–Trinajstić information content (AvgIpc) is 2.30. The normalized spacial score (nSPS) is 11.1. The second-order valence-corrected chi connectivity index (χ2v) is 4.72. The molecule has 2 aromatic rings. The van der Waals surface area contributed by atoms with Crippen LogP contribution in [0.15, 0.2) is 29.1 Å². The SMILES string of the molecule is CN(C)CCOc1cc(=O)c2cccc(Cl)c2[nH]1. The quantitative estimate of drug-likeness (QED) is 0.922.